The van der Waals surface area contributed by atoms with Crippen LogP contribution >= 0.6 is 0 Å². The van der Waals surface area contributed by atoms with Gasteiger partial charge in [-0.15, -0.1) is 6.58 Å². The minimum absolute atomic E-state index is 0.0974. The summed E-state index contributed by atoms with van der Waals surface area (Å²) in [4.78, 5) is 7.32. The summed E-state index contributed by atoms with van der Waals surface area (Å²) in [5.74, 6) is 0. The fourth-order valence-corrected chi connectivity index (χ4v) is 11.5. The number of hydrogen-bond acceptors (Lipinski definition) is 3. The highest BCUT2D eigenvalue weighted by molar-refractivity contribution is 5.96. The maximum atomic E-state index is 4.62. The molecule has 67 heavy (non-hydrogen) atoms. The van der Waals surface area contributed by atoms with E-state index in [2.05, 4.69) is 274 Å². The lowest BCUT2D eigenvalue weighted by Crippen LogP contribution is -2.38. The minimum atomic E-state index is -0.519. The number of para-hydroxylation sites is 4. The first kappa shape index (κ1) is 40.6. The van der Waals surface area contributed by atoms with E-state index >= 15 is 0 Å². The second-order valence-electron chi connectivity index (χ2n) is 19.6. The Hall–Kier alpha value is -7.88. The van der Waals surface area contributed by atoms with Crippen molar-refractivity contribution in [3.8, 4) is 22.3 Å². The van der Waals surface area contributed by atoms with Crippen molar-refractivity contribution >= 4 is 51.2 Å². The lowest BCUT2D eigenvalue weighted by molar-refractivity contribution is 0.618. The van der Waals surface area contributed by atoms with Gasteiger partial charge in [-0.25, -0.2) is 0 Å². The van der Waals surface area contributed by atoms with Gasteiger partial charge < -0.3 is 14.7 Å². The summed E-state index contributed by atoms with van der Waals surface area (Å²) >= 11 is 0. The molecule has 0 saturated heterocycles. The summed E-state index contributed by atoms with van der Waals surface area (Å²) < 4.78 is 0. The van der Waals surface area contributed by atoms with Gasteiger partial charge in [-0.3, -0.25) is 0 Å². The molecule has 0 fully saturated rings. The smallest absolute Gasteiger partial charge is 0.0548 e. The highest BCUT2D eigenvalue weighted by Crippen LogP contribution is 2.62. The molecule has 9 aromatic rings. The predicted octanol–water partition coefficient (Wildman–Crippen LogP) is 17.5. The van der Waals surface area contributed by atoms with Gasteiger partial charge in [0, 0.05) is 50.4 Å². The zero-order valence-electron chi connectivity index (χ0n) is 38.8. The molecule has 3 aliphatic rings. The molecular formula is C64H53N3. The first-order valence-corrected chi connectivity index (χ1v) is 23.5. The summed E-state index contributed by atoms with van der Waals surface area (Å²) in [6.07, 6.45) is 2.17. The SMILES string of the molecule is C=CC1(C)c2cc(-c3ccc(N(c4ccccc4)c4ccc5c(c4)C(C)(C)c4ccccc4-5)cc3)ccc2N2c3ccccc3C(C)(C)c3cc(N(c4ccccc4)c4ccccc4)cc1c32. The summed E-state index contributed by atoms with van der Waals surface area (Å²) in [5.41, 5.74) is 22.3. The molecule has 0 spiro atoms. The molecule has 0 radical (unpaired) electrons. The molecule has 0 saturated carbocycles. The van der Waals surface area contributed by atoms with Crippen molar-refractivity contribution < 1.29 is 0 Å². The van der Waals surface area contributed by atoms with Crippen LogP contribution in [0.25, 0.3) is 22.3 Å². The summed E-state index contributed by atoms with van der Waals surface area (Å²) in [5, 5.41) is 0. The Morgan fingerprint density at radius 3 is 1.46 bits per heavy atom. The zero-order chi connectivity index (χ0) is 45.7. The van der Waals surface area contributed by atoms with Crippen LogP contribution in [-0.4, -0.2) is 0 Å². The number of hydrogen-bond donors (Lipinski definition) is 0. The van der Waals surface area contributed by atoms with Gasteiger partial charge in [-0.05, 0) is 154 Å². The van der Waals surface area contributed by atoms with E-state index in [1.807, 2.05) is 0 Å². The topological polar surface area (TPSA) is 9.72 Å². The van der Waals surface area contributed by atoms with Crippen molar-refractivity contribution in [3.05, 3.63) is 258 Å². The average molecular weight is 864 g/mol. The fraction of sp³-hybridized carbons (Fsp3) is 0.125. The predicted molar refractivity (Wildman–Crippen MR) is 282 cm³/mol. The molecule has 0 amide bonds. The molecule has 0 aromatic heterocycles. The van der Waals surface area contributed by atoms with Gasteiger partial charge in [-0.1, -0.05) is 155 Å². The zero-order valence-corrected chi connectivity index (χ0v) is 38.8. The highest BCUT2D eigenvalue weighted by atomic mass is 15.2. The van der Waals surface area contributed by atoms with E-state index in [9.17, 15) is 0 Å². The van der Waals surface area contributed by atoms with E-state index in [1.165, 1.54) is 67.1 Å². The summed E-state index contributed by atoms with van der Waals surface area (Å²) in [7, 11) is 0. The Morgan fingerprint density at radius 1 is 0.358 bits per heavy atom. The lowest BCUT2D eigenvalue weighted by atomic mass is 9.65. The molecular weight excluding hydrogens is 811 g/mol. The minimum Gasteiger partial charge on any atom is -0.310 e. The molecule has 3 nitrogen and oxygen atoms in total. The van der Waals surface area contributed by atoms with Gasteiger partial charge in [0.05, 0.1) is 17.1 Å². The number of allylic oxidation sites excluding steroid dienone is 1. The fourth-order valence-electron chi connectivity index (χ4n) is 11.5. The summed E-state index contributed by atoms with van der Waals surface area (Å²) in [6, 6.07) is 78.1. The van der Waals surface area contributed by atoms with E-state index in [0.29, 0.717) is 0 Å². The largest absolute Gasteiger partial charge is 0.310 e. The van der Waals surface area contributed by atoms with Crippen molar-refractivity contribution in [2.75, 3.05) is 14.7 Å². The van der Waals surface area contributed by atoms with Crippen LogP contribution in [-0.2, 0) is 16.2 Å². The molecule has 0 N–H and O–H groups in total. The lowest BCUT2D eigenvalue weighted by Gasteiger charge is -2.50. The molecule has 324 valence electrons. The molecule has 2 aliphatic heterocycles. The molecule has 9 aromatic carbocycles. The number of nitrogens with zero attached hydrogens (tertiary/aromatic N) is 3. The maximum absolute atomic E-state index is 4.62. The van der Waals surface area contributed by atoms with Crippen molar-refractivity contribution in [1.82, 2.24) is 0 Å². The third-order valence-electron chi connectivity index (χ3n) is 15.2. The third kappa shape index (κ3) is 6.11. The van der Waals surface area contributed by atoms with Crippen LogP contribution in [0, 0.1) is 0 Å². The van der Waals surface area contributed by atoms with Crippen molar-refractivity contribution in [3.63, 3.8) is 0 Å². The maximum Gasteiger partial charge on any atom is 0.0548 e. The highest BCUT2D eigenvalue weighted by Gasteiger charge is 2.47. The van der Waals surface area contributed by atoms with E-state index in [0.717, 1.165) is 39.7 Å². The van der Waals surface area contributed by atoms with Gasteiger partial charge in [0.2, 0.25) is 0 Å². The molecule has 0 bridgehead atoms. The van der Waals surface area contributed by atoms with Crippen molar-refractivity contribution in [2.24, 2.45) is 0 Å². The molecule has 1 unspecified atom stereocenters. The van der Waals surface area contributed by atoms with Gasteiger partial charge >= 0.3 is 0 Å². The van der Waals surface area contributed by atoms with Gasteiger partial charge in [0.25, 0.3) is 0 Å². The number of anilines is 9. The Morgan fingerprint density at radius 2 is 0.821 bits per heavy atom. The first-order valence-electron chi connectivity index (χ1n) is 23.5. The van der Waals surface area contributed by atoms with E-state index in [-0.39, 0.29) is 10.8 Å². The normalized spacial score (nSPS) is 16.5. The second kappa shape index (κ2) is 15.1. The second-order valence-corrected chi connectivity index (χ2v) is 19.6. The van der Waals surface area contributed by atoms with Gasteiger partial charge in [0.15, 0.2) is 0 Å². The van der Waals surface area contributed by atoms with Crippen LogP contribution < -0.4 is 14.7 Å². The Bertz CT molecular complexity index is 3350. The average Bonchev–Trinajstić information content (AvgIpc) is 3.60. The van der Waals surface area contributed by atoms with Crippen LogP contribution in [0.15, 0.2) is 225 Å². The van der Waals surface area contributed by atoms with E-state index in [4.69, 9.17) is 0 Å². The van der Waals surface area contributed by atoms with Gasteiger partial charge in [0.1, 0.15) is 0 Å². The standard InChI is InChI=1S/C64H53N3/c1-7-64(6)56-39-44(43-31-34-48(35-32-43)65(45-21-11-8-12-22-45)49-36-37-52-51-27-17-18-28-53(51)62(2,3)55(52)40-49)33-38-60(56)67-59-30-20-19-29-54(59)63(4,5)57-41-50(42-58(64)61(57)67)66(46-23-13-9-14-24-46)47-25-15-10-16-26-47/h7-42H,1H2,2-6H3. The monoisotopic (exact) mass is 863 g/mol. The van der Waals surface area contributed by atoms with Crippen LogP contribution in [0.4, 0.5) is 51.2 Å². The quantitative estimate of drug-likeness (QED) is 0.141. The van der Waals surface area contributed by atoms with Crippen molar-refractivity contribution in [2.45, 2.75) is 50.9 Å². The number of fused-ring (bicyclic) bond motifs is 7. The van der Waals surface area contributed by atoms with Crippen LogP contribution in [0.1, 0.15) is 68.0 Å². The molecule has 1 aliphatic carbocycles. The number of rotatable bonds is 8. The Kier molecular flexibility index (Phi) is 9.14. The molecule has 3 heteroatoms. The van der Waals surface area contributed by atoms with Crippen LogP contribution in [0.5, 0.6) is 0 Å². The molecule has 2 heterocycles. The van der Waals surface area contributed by atoms with E-state index in [1.54, 1.807) is 0 Å². The Balaban J connectivity index is 0.993. The molecule has 12 rings (SSSR count). The number of benzene rings is 9. The first-order chi connectivity index (χ1) is 32.6. The van der Waals surface area contributed by atoms with E-state index < -0.39 is 5.41 Å². The van der Waals surface area contributed by atoms with Crippen molar-refractivity contribution in [1.29, 1.82) is 0 Å². The molecule has 1 atom stereocenters. The Labute approximate surface area is 395 Å². The van der Waals surface area contributed by atoms with Gasteiger partial charge in [-0.2, -0.15) is 0 Å². The van der Waals surface area contributed by atoms with Crippen LogP contribution in [0.2, 0.25) is 0 Å². The third-order valence-corrected chi connectivity index (χ3v) is 15.2. The van der Waals surface area contributed by atoms with Crippen LogP contribution in [0.3, 0.4) is 0 Å². The summed E-state index contributed by atoms with van der Waals surface area (Å²) in [6.45, 7) is 16.5.